The Labute approximate surface area is 150 Å². The molecule has 2 aromatic carbocycles. The van der Waals surface area contributed by atoms with Crippen molar-refractivity contribution >= 4 is 33.2 Å². The monoisotopic (exact) mass is 387 g/mol. The Bertz CT molecular complexity index is 857. The third kappa shape index (κ3) is 3.47. The van der Waals surface area contributed by atoms with Gasteiger partial charge >= 0.3 is 0 Å². The van der Waals surface area contributed by atoms with Gasteiger partial charge in [0.05, 0.1) is 11.6 Å². The van der Waals surface area contributed by atoms with Crippen molar-refractivity contribution in [2.45, 2.75) is 11.0 Å². The van der Waals surface area contributed by atoms with Crippen LogP contribution in [0, 0.1) is 0 Å². The lowest BCUT2D eigenvalue weighted by molar-refractivity contribution is 0.0798. The van der Waals surface area contributed by atoms with Gasteiger partial charge in [0.15, 0.2) is 11.5 Å². The van der Waals surface area contributed by atoms with Gasteiger partial charge in [0.1, 0.15) is 17.6 Å². The van der Waals surface area contributed by atoms with Gasteiger partial charge in [0, 0.05) is 12.1 Å². The number of ether oxygens (including phenoxy) is 2. The zero-order chi connectivity index (χ0) is 17.3. The molecule has 0 spiro atoms. The number of benzene rings is 2. The molecule has 8 heteroatoms. The Morgan fingerprint density at radius 3 is 2.62 bits per heavy atom. The maximum Gasteiger partial charge on any atom is 0.244 e. The highest BCUT2D eigenvalue weighted by Gasteiger charge is 2.29. The summed E-state index contributed by atoms with van der Waals surface area (Å²) in [6, 6.07) is 11.6. The summed E-state index contributed by atoms with van der Waals surface area (Å²) < 4.78 is 38.0. The van der Waals surface area contributed by atoms with Gasteiger partial charge in [-0.1, -0.05) is 35.3 Å². The highest BCUT2D eigenvalue weighted by molar-refractivity contribution is 7.89. The van der Waals surface area contributed by atoms with Crippen molar-refractivity contribution in [1.29, 1.82) is 0 Å². The van der Waals surface area contributed by atoms with E-state index >= 15 is 0 Å². The zero-order valence-corrected chi connectivity index (χ0v) is 15.1. The van der Waals surface area contributed by atoms with Crippen molar-refractivity contribution in [3.05, 3.63) is 52.5 Å². The Morgan fingerprint density at radius 1 is 1.17 bits per heavy atom. The fourth-order valence-corrected chi connectivity index (χ4v) is 4.32. The molecule has 0 saturated carbocycles. The number of rotatable bonds is 4. The molecule has 5 nitrogen and oxygen atoms in total. The molecule has 1 unspecified atom stereocenters. The van der Waals surface area contributed by atoms with Crippen molar-refractivity contribution < 1.29 is 17.9 Å². The van der Waals surface area contributed by atoms with Crippen LogP contribution in [-0.2, 0) is 10.0 Å². The van der Waals surface area contributed by atoms with E-state index in [1.165, 1.54) is 29.6 Å². The maximum absolute atomic E-state index is 12.7. The van der Waals surface area contributed by atoms with E-state index in [0.717, 1.165) is 0 Å². The number of para-hydroxylation sites is 2. The number of halogens is 2. The van der Waals surface area contributed by atoms with E-state index in [2.05, 4.69) is 0 Å². The fourth-order valence-electron chi connectivity index (χ4n) is 2.38. The smallest absolute Gasteiger partial charge is 0.244 e. The molecule has 0 saturated heterocycles. The lowest BCUT2D eigenvalue weighted by Crippen LogP contribution is -2.41. The summed E-state index contributed by atoms with van der Waals surface area (Å²) in [4.78, 5) is -0.0312. The summed E-state index contributed by atoms with van der Waals surface area (Å²) in [5, 5.41) is 0.426. The van der Waals surface area contributed by atoms with Gasteiger partial charge in [0.2, 0.25) is 10.0 Å². The molecule has 0 aliphatic carbocycles. The largest absolute Gasteiger partial charge is 0.486 e. The van der Waals surface area contributed by atoms with E-state index in [1.807, 2.05) is 12.1 Å². The molecule has 128 valence electrons. The van der Waals surface area contributed by atoms with Crippen LogP contribution in [0.4, 0.5) is 0 Å². The van der Waals surface area contributed by atoms with Gasteiger partial charge in [0.25, 0.3) is 0 Å². The van der Waals surface area contributed by atoms with Gasteiger partial charge in [-0.3, -0.25) is 0 Å². The van der Waals surface area contributed by atoms with Crippen molar-refractivity contribution in [2.75, 3.05) is 20.2 Å². The van der Waals surface area contributed by atoms with Crippen molar-refractivity contribution in [2.24, 2.45) is 0 Å². The minimum Gasteiger partial charge on any atom is -0.486 e. The van der Waals surface area contributed by atoms with E-state index in [4.69, 9.17) is 32.7 Å². The molecule has 1 aliphatic rings. The number of fused-ring (bicyclic) bond motifs is 1. The van der Waals surface area contributed by atoms with Crippen LogP contribution in [-0.4, -0.2) is 39.0 Å². The topological polar surface area (TPSA) is 55.8 Å². The first-order valence-electron chi connectivity index (χ1n) is 7.18. The maximum atomic E-state index is 12.7. The number of hydrogen-bond acceptors (Lipinski definition) is 4. The second-order valence-electron chi connectivity index (χ2n) is 5.36. The van der Waals surface area contributed by atoms with Crippen LogP contribution in [0.15, 0.2) is 47.4 Å². The predicted molar refractivity (Wildman–Crippen MR) is 92.6 cm³/mol. The molecule has 0 radical (unpaired) electrons. The van der Waals surface area contributed by atoms with E-state index in [1.54, 1.807) is 12.1 Å². The summed E-state index contributed by atoms with van der Waals surface area (Å²) in [7, 11) is -2.32. The SMILES string of the molecule is CN(CC1COc2ccccc2O1)S(=O)(=O)c1cc(Cl)ccc1Cl. The normalized spacial score (nSPS) is 17.1. The third-order valence-electron chi connectivity index (χ3n) is 3.61. The Kier molecular flexibility index (Phi) is 4.92. The highest BCUT2D eigenvalue weighted by Crippen LogP contribution is 2.32. The van der Waals surface area contributed by atoms with Crippen LogP contribution >= 0.6 is 23.2 Å². The van der Waals surface area contributed by atoms with Gasteiger partial charge in [-0.2, -0.15) is 4.31 Å². The molecule has 0 bridgehead atoms. The molecule has 24 heavy (non-hydrogen) atoms. The van der Waals surface area contributed by atoms with Gasteiger partial charge < -0.3 is 9.47 Å². The molecule has 1 heterocycles. The quantitative estimate of drug-likeness (QED) is 0.805. The molecule has 0 fully saturated rings. The Morgan fingerprint density at radius 2 is 1.88 bits per heavy atom. The standard InChI is InChI=1S/C16H15Cl2NO4S/c1-19(24(20,21)16-8-11(17)6-7-13(16)18)9-12-10-22-14-4-2-3-5-15(14)23-12/h2-8,12H,9-10H2,1H3. The summed E-state index contributed by atoms with van der Waals surface area (Å²) in [6.45, 7) is 0.389. The van der Waals surface area contributed by atoms with Gasteiger partial charge in [-0.05, 0) is 30.3 Å². The number of nitrogens with zero attached hydrogens (tertiary/aromatic N) is 1. The minimum atomic E-state index is -3.79. The van der Waals surface area contributed by atoms with E-state index in [-0.39, 0.29) is 23.1 Å². The summed E-state index contributed by atoms with van der Waals surface area (Å²) >= 11 is 11.9. The fraction of sp³-hybridized carbons (Fsp3) is 0.250. The Hall–Kier alpha value is -1.47. The molecule has 2 aromatic rings. The molecule has 1 atom stereocenters. The van der Waals surface area contributed by atoms with Crippen LogP contribution in [0.3, 0.4) is 0 Å². The van der Waals surface area contributed by atoms with Crippen molar-refractivity contribution in [3.8, 4) is 11.5 Å². The lowest BCUT2D eigenvalue weighted by Gasteiger charge is -2.29. The van der Waals surface area contributed by atoms with E-state index in [9.17, 15) is 8.42 Å². The molecule has 3 rings (SSSR count). The Balaban J connectivity index is 1.77. The summed E-state index contributed by atoms with van der Waals surface area (Å²) in [6.07, 6.45) is -0.419. The van der Waals surface area contributed by atoms with Gasteiger partial charge in [-0.25, -0.2) is 8.42 Å². The molecule has 0 aromatic heterocycles. The molecular formula is C16H15Cl2NO4S. The van der Waals surface area contributed by atoms with Crippen LogP contribution < -0.4 is 9.47 Å². The van der Waals surface area contributed by atoms with Gasteiger partial charge in [-0.15, -0.1) is 0 Å². The molecule has 0 amide bonds. The number of sulfonamides is 1. The van der Waals surface area contributed by atoms with Crippen LogP contribution in [0.2, 0.25) is 10.0 Å². The van der Waals surface area contributed by atoms with Crippen LogP contribution in [0.5, 0.6) is 11.5 Å². The highest BCUT2D eigenvalue weighted by atomic mass is 35.5. The second kappa shape index (κ2) is 6.80. The molecule has 0 N–H and O–H groups in total. The molecule has 1 aliphatic heterocycles. The lowest BCUT2D eigenvalue weighted by atomic mass is 10.2. The van der Waals surface area contributed by atoms with Crippen molar-refractivity contribution in [1.82, 2.24) is 4.31 Å². The van der Waals surface area contributed by atoms with E-state index < -0.39 is 16.1 Å². The summed E-state index contributed by atoms with van der Waals surface area (Å²) in [5.41, 5.74) is 0. The van der Waals surface area contributed by atoms with E-state index in [0.29, 0.717) is 16.5 Å². The first-order valence-corrected chi connectivity index (χ1v) is 9.37. The zero-order valence-electron chi connectivity index (χ0n) is 12.8. The first-order chi connectivity index (χ1) is 11.4. The summed E-state index contributed by atoms with van der Waals surface area (Å²) in [5.74, 6) is 1.25. The minimum absolute atomic E-state index is 0.0312. The number of likely N-dealkylation sites (N-methyl/N-ethyl adjacent to an activating group) is 1. The van der Waals surface area contributed by atoms with Crippen LogP contribution in [0.25, 0.3) is 0 Å². The first kappa shape index (κ1) is 17.4. The number of hydrogen-bond donors (Lipinski definition) is 0. The average Bonchev–Trinajstić information content (AvgIpc) is 2.56. The second-order valence-corrected chi connectivity index (χ2v) is 8.21. The predicted octanol–water partition coefficient (Wildman–Crippen LogP) is 3.45. The van der Waals surface area contributed by atoms with Crippen LogP contribution in [0.1, 0.15) is 0 Å². The average molecular weight is 388 g/mol. The molecular weight excluding hydrogens is 373 g/mol. The van der Waals surface area contributed by atoms with Crippen molar-refractivity contribution in [3.63, 3.8) is 0 Å². The third-order valence-corrected chi connectivity index (χ3v) is 6.15.